The second-order valence-electron chi connectivity index (χ2n) is 3.38. The second kappa shape index (κ2) is 5.40. The van der Waals surface area contributed by atoms with E-state index in [4.69, 9.17) is 0 Å². The smallest absolute Gasteiger partial charge is 0.261 e. The number of aryl methyl sites for hydroxylation is 1. The molecule has 6 nitrogen and oxygen atoms in total. The van der Waals surface area contributed by atoms with Crippen LogP contribution in [0.4, 0.5) is 10.9 Å². The van der Waals surface area contributed by atoms with E-state index in [1.165, 1.54) is 11.3 Å². The van der Waals surface area contributed by atoms with E-state index < -0.39 is 0 Å². The molecule has 18 heavy (non-hydrogen) atoms. The average Bonchev–Trinajstić information content (AvgIpc) is 2.74. The van der Waals surface area contributed by atoms with E-state index in [0.717, 1.165) is 9.48 Å². The van der Waals surface area contributed by atoms with Crippen LogP contribution in [0, 0.1) is 6.92 Å². The van der Waals surface area contributed by atoms with Crippen LogP contribution in [-0.2, 0) is 0 Å². The van der Waals surface area contributed by atoms with Gasteiger partial charge in [-0.05, 0) is 28.9 Å². The molecule has 2 aromatic heterocycles. The maximum absolute atomic E-state index is 12.1. The molecule has 2 rings (SSSR count). The lowest BCUT2D eigenvalue weighted by atomic mass is 10.2. The molecular formula is C10H10BrN5OS. The van der Waals surface area contributed by atoms with Gasteiger partial charge in [0.1, 0.15) is 10.8 Å². The number of nitrogens with zero attached hydrogens (tertiary/aromatic N) is 3. The molecule has 0 aliphatic heterocycles. The van der Waals surface area contributed by atoms with E-state index in [1.54, 1.807) is 19.3 Å². The molecule has 0 radical (unpaired) electrons. The molecule has 0 aliphatic carbocycles. The number of carbonyl (C=O) groups excluding carboxylic acids is 1. The minimum absolute atomic E-state index is 0.274. The first-order chi connectivity index (χ1) is 8.60. The minimum atomic E-state index is -0.274. The zero-order valence-electron chi connectivity index (χ0n) is 9.69. The van der Waals surface area contributed by atoms with Crippen LogP contribution in [0.1, 0.15) is 15.4 Å². The van der Waals surface area contributed by atoms with E-state index in [9.17, 15) is 4.79 Å². The van der Waals surface area contributed by atoms with E-state index in [1.807, 2.05) is 6.92 Å². The summed E-state index contributed by atoms with van der Waals surface area (Å²) in [5, 5.41) is 14.5. The van der Waals surface area contributed by atoms with Gasteiger partial charge in [-0.1, -0.05) is 11.3 Å². The highest BCUT2D eigenvalue weighted by atomic mass is 79.9. The molecular weight excluding hydrogens is 318 g/mol. The van der Waals surface area contributed by atoms with E-state index in [-0.39, 0.29) is 5.91 Å². The number of rotatable bonds is 3. The number of anilines is 2. The second-order valence-corrected chi connectivity index (χ2v) is 5.48. The molecule has 0 bridgehead atoms. The molecule has 0 spiro atoms. The Morgan fingerprint density at radius 1 is 1.44 bits per heavy atom. The lowest BCUT2D eigenvalue weighted by molar-refractivity contribution is 0.102. The Labute approximate surface area is 116 Å². The molecule has 94 valence electrons. The van der Waals surface area contributed by atoms with Gasteiger partial charge >= 0.3 is 0 Å². The van der Waals surface area contributed by atoms with E-state index >= 15 is 0 Å². The van der Waals surface area contributed by atoms with Crippen molar-refractivity contribution in [3.63, 3.8) is 0 Å². The minimum Gasteiger partial charge on any atom is -0.372 e. The Morgan fingerprint density at radius 3 is 2.83 bits per heavy atom. The van der Waals surface area contributed by atoms with E-state index in [0.29, 0.717) is 16.5 Å². The Balaban J connectivity index is 2.25. The molecule has 1 amide bonds. The van der Waals surface area contributed by atoms with Gasteiger partial charge in [0, 0.05) is 17.7 Å². The van der Waals surface area contributed by atoms with Gasteiger partial charge < -0.3 is 5.32 Å². The third-order valence-electron chi connectivity index (χ3n) is 2.08. The van der Waals surface area contributed by atoms with Crippen LogP contribution in [0.5, 0.6) is 0 Å². The van der Waals surface area contributed by atoms with Gasteiger partial charge in [0.05, 0.1) is 5.56 Å². The summed E-state index contributed by atoms with van der Waals surface area (Å²) in [7, 11) is 1.71. The first-order valence-electron chi connectivity index (χ1n) is 5.05. The van der Waals surface area contributed by atoms with Gasteiger partial charge in [0.15, 0.2) is 0 Å². The van der Waals surface area contributed by atoms with Crippen molar-refractivity contribution >= 4 is 44.1 Å². The normalized spacial score (nSPS) is 10.2. The van der Waals surface area contributed by atoms with Crippen molar-refractivity contribution in [1.29, 1.82) is 0 Å². The lowest BCUT2D eigenvalue weighted by Gasteiger charge is -2.07. The number of hydrogen-bond donors (Lipinski definition) is 2. The summed E-state index contributed by atoms with van der Waals surface area (Å²) >= 11 is 4.61. The third kappa shape index (κ3) is 2.82. The molecule has 2 heterocycles. The Bertz CT molecular complexity index is 585. The third-order valence-corrected chi connectivity index (χ3v) is 3.27. The molecule has 0 saturated carbocycles. The summed E-state index contributed by atoms with van der Waals surface area (Å²) in [4.78, 5) is 16.2. The molecule has 2 aromatic rings. The van der Waals surface area contributed by atoms with Gasteiger partial charge in [-0.3, -0.25) is 10.1 Å². The van der Waals surface area contributed by atoms with Gasteiger partial charge in [0.2, 0.25) is 5.13 Å². The molecule has 0 aliphatic rings. The fourth-order valence-electron chi connectivity index (χ4n) is 1.32. The Kier molecular flexibility index (Phi) is 3.87. The first kappa shape index (κ1) is 12.9. The highest BCUT2D eigenvalue weighted by molar-refractivity contribution is 9.10. The fourth-order valence-corrected chi connectivity index (χ4v) is 2.24. The predicted molar refractivity (Wildman–Crippen MR) is 74.1 cm³/mol. The number of halogens is 1. The molecule has 0 atom stereocenters. The molecule has 8 heteroatoms. The predicted octanol–water partition coefficient (Wildman–Crippen LogP) is 2.30. The molecule has 0 fully saturated rings. The fraction of sp³-hybridized carbons (Fsp3) is 0.200. The van der Waals surface area contributed by atoms with Gasteiger partial charge in [-0.15, -0.1) is 10.2 Å². The van der Waals surface area contributed by atoms with Crippen molar-refractivity contribution < 1.29 is 4.79 Å². The topological polar surface area (TPSA) is 79.8 Å². The monoisotopic (exact) mass is 327 g/mol. The van der Waals surface area contributed by atoms with Gasteiger partial charge in [0.25, 0.3) is 5.91 Å². The molecule has 0 saturated heterocycles. The van der Waals surface area contributed by atoms with Crippen LogP contribution in [0.2, 0.25) is 0 Å². The lowest BCUT2D eigenvalue weighted by Crippen LogP contribution is -2.14. The zero-order valence-corrected chi connectivity index (χ0v) is 12.1. The highest BCUT2D eigenvalue weighted by Crippen LogP contribution is 2.20. The standard InChI is InChI=1S/C10H10BrN5OS/c1-5-15-16-10(18-5)14-9(17)7-3-6(11)4-13-8(7)12-2/h3-4H,1-2H3,(H,12,13)(H,14,16,17). The summed E-state index contributed by atoms with van der Waals surface area (Å²) in [6.45, 7) is 1.83. The van der Waals surface area contributed by atoms with Crippen LogP contribution in [0.3, 0.4) is 0 Å². The van der Waals surface area contributed by atoms with Gasteiger partial charge in [-0.25, -0.2) is 4.98 Å². The number of amides is 1. The van der Waals surface area contributed by atoms with Crippen LogP contribution < -0.4 is 10.6 Å². The van der Waals surface area contributed by atoms with Crippen LogP contribution in [0.25, 0.3) is 0 Å². The zero-order chi connectivity index (χ0) is 13.1. The van der Waals surface area contributed by atoms with Crippen LogP contribution in [0.15, 0.2) is 16.7 Å². The number of carbonyl (C=O) groups is 1. The van der Waals surface area contributed by atoms with Crippen molar-refractivity contribution in [1.82, 2.24) is 15.2 Å². The molecule has 0 aromatic carbocycles. The Morgan fingerprint density at radius 2 is 2.22 bits per heavy atom. The average molecular weight is 328 g/mol. The number of hydrogen-bond acceptors (Lipinski definition) is 6. The highest BCUT2D eigenvalue weighted by Gasteiger charge is 2.14. The van der Waals surface area contributed by atoms with E-state index in [2.05, 4.69) is 41.7 Å². The number of nitrogens with one attached hydrogen (secondary N) is 2. The van der Waals surface area contributed by atoms with Crippen molar-refractivity contribution in [3.8, 4) is 0 Å². The summed E-state index contributed by atoms with van der Waals surface area (Å²) in [5.41, 5.74) is 0.444. The molecule has 2 N–H and O–H groups in total. The van der Waals surface area contributed by atoms with Crippen molar-refractivity contribution in [3.05, 3.63) is 27.3 Å². The molecule has 0 unspecified atom stereocenters. The number of pyridine rings is 1. The maximum atomic E-state index is 12.1. The van der Waals surface area contributed by atoms with Crippen molar-refractivity contribution in [2.24, 2.45) is 0 Å². The maximum Gasteiger partial charge on any atom is 0.261 e. The first-order valence-corrected chi connectivity index (χ1v) is 6.66. The quantitative estimate of drug-likeness (QED) is 0.904. The van der Waals surface area contributed by atoms with Crippen molar-refractivity contribution in [2.75, 3.05) is 17.7 Å². The summed E-state index contributed by atoms with van der Waals surface area (Å²) in [6, 6.07) is 1.70. The van der Waals surface area contributed by atoms with Crippen LogP contribution >= 0.6 is 27.3 Å². The number of aromatic nitrogens is 3. The summed E-state index contributed by atoms with van der Waals surface area (Å²) in [6.07, 6.45) is 1.62. The summed E-state index contributed by atoms with van der Waals surface area (Å²) in [5.74, 6) is 0.237. The SMILES string of the molecule is CNc1ncc(Br)cc1C(=O)Nc1nnc(C)s1. The largest absolute Gasteiger partial charge is 0.372 e. The van der Waals surface area contributed by atoms with Crippen molar-refractivity contribution in [2.45, 2.75) is 6.92 Å². The van der Waals surface area contributed by atoms with Crippen LogP contribution in [-0.4, -0.2) is 28.1 Å². The Hall–Kier alpha value is -1.54. The summed E-state index contributed by atoms with van der Waals surface area (Å²) < 4.78 is 0.736. The van der Waals surface area contributed by atoms with Gasteiger partial charge in [-0.2, -0.15) is 0 Å².